The maximum atomic E-state index is 12.3. The van der Waals surface area contributed by atoms with Crippen LogP contribution in [0.4, 0.5) is 0 Å². The van der Waals surface area contributed by atoms with Gasteiger partial charge in [-0.05, 0) is 49.2 Å². The number of aromatic amines is 1. The molecule has 132 valence electrons. The van der Waals surface area contributed by atoms with Crippen molar-refractivity contribution in [3.05, 3.63) is 74.8 Å². The van der Waals surface area contributed by atoms with Gasteiger partial charge in [-0.3, -0.25) is 4.79 Å². The molecule has 4 rings (SSSR count). The van der Waals surface area contributed by atoms with Gasteiger partial charge in [0.1, 0.15) is 11.7 Å². The Labute approximate surface area is 159 Å². The zero-order chi connectivity index (χ0) is 19.1. The summed E-state index contributed by atoms with van der Waals surface area (Å²) in [6, 6.07) is 10.8. The molecule has 1 N–H and O–H groups in total. The van der Waals surface area contributed by atoms with Gasteiger partial charge in [-0.15, -0.1) is 0 Å². The van der Waals surface area contributed by atoms with Crippen LogP contribution in [0.2, 0.25) is 5.02 Å². The molecule has 1 aromatic carbocycles. The normalized spacial score (nSPS) is 10.9. The summed E-state index contributed by atoms with van der Waals surface area (Å²) in [5.41, 5.74) is 3.85. The lowest BCUT2D eigenvalue weighted by Crippen LogP contribution is -2.07. The van der Waals surface area contributed by atoms with Gasteiger partial charge in [-0.25, -0.2) is 9.67 Å². The molecule has 0 radical (unpaired) electrons. The number of fused-ring (bicyclic) bond motifs is 1. The number of hydrogen-bond acceptors (Lipinski definition) is 4. The lowest BCUT2D eigenvalue weighted by molar-refractivity contribution is 0.837. The molecule has 3 aromatic heterocycles. The summed E-state index contributed by atoms with van der Waals surface area (Å²) in [6.45, 7) is 3.72. The summed E-state index contributed by atoms with van der Waals surface area (Å²) in [7, 11) is 0. The molecular weight excluding hydrogens is 362 g/mol. The summed E-state index contributed by atoms with van der Waals surface area (Å²) in [5, 5.41) is 14.5. The minimum Gasteiger partial charge on any atom is -0.346 e. The van der Waals surface area contributed by atoms with E-state index in [9.17, 15) is 10.1 Å². The Balaban J connectivity index is 2.08. The number of pyridine rings is 2. The van der Waals surface area contributed by atoms with Crippen molar-refractivity contribution in [3.63, 3.8) is 0 Å². The van der Waals surface area contributed by atoms with Gasteiger partial charge in [0, 0.05) is 24.0 Å². The second-order valence-electron chi connectivity index (χ2n) is 6.26. The number of halogens is 1. The first-order valence-corrected chi connectivity index (χ1v) is 8.61. The summed E-state index contributed by atoms with van der Waals surface area (Å²) in [4.78, 5) is 19.9. The van der Waals surface area contributed by atoms with Gasteiger partial charge in [0.05, 0.1) is 21.7 Å². The number of nitriles is 1. The third-order valence-corrected chi connectivity index (χ3v) is 4.67. The fourth-order valence-electron chi connectivity index (χ4n) is 3.05. The van der Waals surface area contributed by atoms with E-state index in [1.807, 2.05) is 32.2 Å². The molecule has 0 saturated heterocycles. The van der Waals surface area contributed by atoms with Crippen LogP contribution < -0.4 is 5.43 Å². The lowest BCUT2D eigenvalue weighted by Gasteiger charge is -2.12. The van der Waals surface area contributed by atoms with E-state index >= 15 is 0 Å². The maximum Gasteiger partial charge on any atom is 0.191 e. The summed E-state index contributed by atoms with van der Waals surface area (Å²) in [6.07, 6.45) is 3.38. The van der Waals surface area contributed by atoms with Crippen molar-refractivity contribution < 1.29 is 0 Å². The minimum absolute atomic E-state index is 0.128. The van der Waals surface area contributed by atoms with Crippen LogP contribution in [0.5, 0.6) is 0 Å². The van der Waals surface area contributed by atoms with Gasteiger partial charge < -0.3 is 4.98 Å². The number of H-pyrrole nitrogens is 1. The molecule has 0 saturated carbocycles. The van der Waals surface area contributed by atoms with E-state index in [2.05, 4.69) is 21.1 Å². The highest BCUT2D eigenvalue weighted by atomic mass is 35.5. The Hall–Kier alpha value is -3.43. The predicted molar refractivity (Wildman–Crippen MR) is 104 cm³/mol. The molecule has 0 aliphatic rings. The highest BCUT2D eigenvalue weighted by Crippen LogP contribution is 2.32. The predicted octanol–water partition coefficient (Wildman–Crippen LogP) is 3.92. The van der Waals surface area contributed by atoms with Crippen LogP contribution in [0, 0.1) is 25.2 Å². The molecule has 3 heterocycles. The molecule has 4 aromatic rings. The zero-order valence-corrected chi connectivity index (χ0v) is 15.4. The lowest BCUT2D eigenvalue weighted by atomic mass is 9.99. The zero-order valence-electron chi connectivity index (χ0n) is 14.6. The summed E-state index contributed by atoms with van der Waals surface area (Å²) < 4.78 is 1.66. The molecular formula is C20H14ClN5O. The maximum absolute atomic E-state index is 12.3. The summed E-state index contributed by atoms with van der Waals surface area (Å²) in [5.74, 6) is 0.567. The summed E-state index contributed by atoms with van der Waals surface area (Å²) >= 11 is 6.30. The molecule has 0 aliphatic heterocycles. The fraction of sp³-hybridized carbons (Fsp3) is 0.100. The van der Waals surface area contributed by atoms with Crippen molar-refractivity contribution in [3.8, 4) is 23.0 Å². The number of rotatable bonds is 2. The van der Waals surface area contributed by atoms with E-state index in [1.165, 1.54) is 6.07 Å². The Morgan fingerprint density at radius 1 is 1.22 bits per heavy atom. The molecule has 0 bridgehead atoms. The highest BCUT2D eigenvalue weighted by Gasteiger charge is 2.16. The van der Waals surface area contributed by atoms with Crippen LogP contribution in [0.3, 0.4) is 0 Å². The molecule has 0 spiro atoms. The van der Waals surface area contributed by atoms with E-state index in [0.717, 1.165) is 16.8 Å². The largest absolute Gasteiger partial charge is 0.346 e. The van der Waals surface area contributed by atoms with Crippen molar-refractivity contribution >= 4 is 22.6 Å². The van der Waals surface area contributed by atoms with E-state index < -0.39 is 0 Å². The standard InChI is InChI=1S/C20H14ClN5O/c1-11-7-13(8-17(21)16(11)10-22)14-9-15-18(27)3-5-23-19(15)24-20(14)26-6-4-12(2)25-26/h3-9H,1-2H3,(H,23,24,27). The Morgan fingerprint density at radius 2 is 2.04 bits per heavy atom. The monoisotopic (exact) mass is 375 g/mol. The van der Waals surface area contributed by atoms with Crippen LogP contribution >= 0.6 is 11.6 Å². The number of benzene rings is 1. The average molecular weight is 376 g/mol. The molecule has 7 heteroatoms. The quantitative estimate of drug-likeness (QED) is 0.575. The molecule has 6 nitrogen and oxygen atoms in total. The SMILES string of the molecule is Cc1ccn(-c2nc3[nH]ccc(=O)c3cc2-c2cc(C)c(C#N)c(Cl)c2)n1. The van der Waals surface area contributed by atoms with E-state index in [-0.39, 0.29) is 5.43 Å². The molecule has 0 aliphatic carbocycles. The topological polar surface area (TPSA) is 87.4 Å². The minimum atomic E-state index is -0.128. The first-order chi connectivity index (χ1) is 13.0. The third kappa shape index (κ3) is 2.88. The van der Waals surface area contributed by atoms with Gasteiger partial charge in [-0.2, -0.15) is 10.4 Å². The van der Waals surface area contributed by atoms with E-state index in [4.69, 9.17) is 11.6 Å². The van der Waals surface area contributed by atoms with Crippen molar-refractivity contribution in [2.24, 2.45) is 0 Å². The fourth-order valence-corrected chi connectivity index (χ4v) is 3.36. The van der Waals surface area contributed by atoms with Gasteiger partial charge in [0.15, 0.2) is 11.2 Å². The Morgan fingerprint density at radius 3 is 2.70 bits per heavy atom. The Kier molecular flexibility index (Phi) is 4.02. The van der Waals surface area contributed by atoms with Crippen molar-refractivity contribution in [2.45, 2.75) is 13.8 Å². The van der Waals surface area contributed by atoms with Crippen LogP contribution in [-0.2, 0) is 0 Å². The van der Waals surface area contributed by atoms with Crippen molar-refractivity contribution in [1.29, 1.82) is 5.26 Å². The van der Waals surface area contributed by atoms with Crippen molar-refractivity contribution in [1.82, 2.24) is 19.7 Å². The molecule has 0 fully saturated rings. The van der Waals surface area contributed by atoms with Gasteiger partial charge in [0.25, 0.3) is 0 Å². The molecule has 0 amide bonds. The smallest absolute Gasteiger partial charge is 0.191 e. The second kappa shape index (κ2) is 6.38. The number of hydrogen-bond donors (Lipinski definition) is 1. The second-order valence-corrected chi connectivity index (χ2v) is 6.67. The van der Waals surface area contributed by atoms with Gasteiger partial charge in [0.2, 0.25) is 0 Å². The van der Waals surface area contributed by atoms with Crippen LogP contribution in [0.1, 0.15) is 16.8 Å². The number of nitrogens with one attached hydrogen (secondary N) is 1. The van der Waals surface area contributed by atoms with Gasteiger partial charge in [-0.1, -0.05) is 11.6 Å². The number of aromatic nitrogens is 4. The van der Waals surface area contributed by atoms with Crippen LogP contribution in [0.15, 0.2) is 47.5 Å². The van der Waals surface area contributed by atoms with Crippen LogP contribution in [-0.4, -0.2) is 19.7 Å². The third-order valence-electron chi connectivity index (χ3n) is 4.37. The van der Waals surface area contributed by atoms with E-state index in [1.54, 1.807) is 23.0 Å². The number of nitrogens with zero attached hydrogens (tertiary/aromatic N) is 4. The first-order valence-electron chi connectivity index (χ1n) is 8.23. The van der Waals surface area contributed by atoms with E-state index in [0.29, 0.717) is 33.0 Å². The Bertz CT molecular complexity index is 1270. The molecule has 0 unspecified atom stereocenters. The van der Waals surface area contributed by atoms with Crippen molar-refractivity contribution in [2.75, 3.05) is 0 Å². The first kappa shape index (κ1) is 17.0. The molecule has 27 heavy (non-hydrogen) atoms. The van der Waals surface area contributed by atoms with Crippen LogP contribution in [0.25, 0.3) is 28.0 Å². The van der Waals surface area contributed by atoms with Gasteiger partial charge >= 0.3 is 0 Å². The number of aryl methyl sites for hydroxylation is 2. The highest BCUT2D eigenvalue weighted by molar-refractivity contribution is 6.32. The average Bonchev–Trinajstić information content (AvgIpc) is 3.07. The molecule has 0 atom stereocenters.